The third-order valence-corrected chi connectivity index (χ3v) is 1.48. The highest BCUT2D eigenvalue weighted by atomic mass is 16.3. The van der Waals surface area contributed by atoms with E-state index in [4.69, 9.17) is 0 Å². The van der Waals surface area contributed by atoms with Crippen LogP contribution in [0.1, 0.15) is 19.4 Å². The minimum Gasteiger partial charge on any atom is -0.386 e. The molecule has 1 aromatic rings. The molecule has 0 saturated heterocycles. The van der Waals surface area contributed by atoms with Gasteiger partial charge in [0.1, 0.15) is 0 Å². The first kappa shape index (κ1) is 9.01. The molecule has 64 valence electrons. The molecular formula is C11H14O. The predicted molar refractivity (Wildman–Crippen MR) is 51.8 cm³/mol. The fourth-order valence-corrected chi connectivity index (χ4v) is 0.864. The van der Waals surface area contributed by atoms with Gasteiger partial charge in [0.2, 0.25) is 0 Å². The van der Waals surface area contributed by atoms with Gasteiger partial charge >= 0.3 is 0 Å². The number of rotatable bonds is 2. The molecule has 1 aromatic carbocycles. The Morgan fingerprint density at radius 3 is 2.25 bits per heavy atom. The molecule has 12 heavy (non-hydrogen) atoms. The van der Waals surface area contributed by atoms with Gasteiger partial charge in [-0.3, -0.25) is 0 Å². The molecule has 0 fully saturated rings. The van der Waals surface area contributed by atoms with E-state index in [9.17, 15) is 5.11 Å². The van der Waals surface area contributed by atoms with Crippen LogP contribution in [0.5, 0.6) is 0 Å². The summed E-state index contributed by atoms with van der Waals surface area (Å²) in [5.74, 6) is 0. The highest BCUT2D eigenvalue weighted by Crippen LogP contribution is 2.07. The van der Waals surface area contributed by atoms with Gasteiger partial charge in [0.15, 0.2) is 0 Å². The molecule has 0 atom stereocenters. The molecule has 0 amide bonds. The molecule has 0 bridgehead atoms. The molecule has 0 aliphatic rings. The molecule has 1 N–H and O–H groups in total. The molecule has 0 saturated carbocycles. The van der Waals surface area contributed by atoms with Crippen molar-refractivity contribution in [1.82, 2.24) is 0 Å². The topological polar surface area (TPSA) is 20.2 Å². The second kappa shape index (κ2) is 3.55. The SMILES string of the molecule is CC(C)(O)/C=C/c1ccccc1. The van der Waals surface area contributed by atoms with Crippen molar-refractivity contribution in [2.45, 2.75) is 19.4 Å². The summed E-state index contributed by atoms with van der Waals surface area (Å²) >= 11 is 0. The van der Waals surface area contributed by atoms with Crippen LogP contribution in [-0.4, -0.2) is 10.7 Å². The summed E-state index contributed by atoms with van der Waals surface area (Å²) < 4.78 is 0. The minimum absolute atomic E-state index is 0.726. The van der Waals surface area contributed by atoms with Crippen molar-refractivity contribution in [3.05, 3.63) is 42.0 Å². The van der Waals surface area contributed by atoms with Crippen molar-refractivity contribution in [3.63, 3.8) is 0 Å². The quantitative estimate of drug-likeness (QED) is 0.708. The lowest BCUT2D eigenvalue weighted by Gasteiger charge is -2.09. The van der Waals surface area contributed by atoms with Crippen LogP contribution in [0.3, 0.4) is 0 Å². The Labute approximate surface area is 73.4 Å². The van der Waals surface area contributed by atoms with E-state index in [1.54, 1.807) is 19.9 Å². The molecule has 0 heterocycles. The molecule has 0 aromatic heterocycles. The maximum Gasteiger partial charge on any atom is 0.0774 e. The number of hydrogen-bond donors (Lipinski definition) is 1. The second-order valence-corrected chi connectivity index (χ2v) is 3.40. The van der Waals surface area contributed by atoms with E-state index in [-0.39, 0.29) is 0 Å². The zero-order chi connectivity index (χ0) is 9.03. The standard InChI is InChI=1S/C11H14O/c1-11(2,12)9-8-10-6-4-3-5-7-10/h3-9,12H,1-2H3/b9-8+. The van der Waals surface area contributed by atoms with Gasteiger partial charge in [0, 0.05) is 0 Å². The summed E-state index contributed by atoms with van der Waals surface area (Å²) in [5, 5.41) is 9.39. The Kier molecular flexibility index (Phi) is 2.66. The molecule has 1 rings (SSSR count). The van der Waals surface area contributed by atoms with Crippen LogP contribution in [0.15, 0.2) is 36.4 Å². The first-order valence-electron chi connectivity index (χ1n) is 4.04. The zero-order valence-corrected chi connectivity index (χ0v) is 7.49. The molecule has 0 radical (unpaired) electrons. The largest absolute Gasteiger partial charge is 0.386 e. The van der Waals surface area contributed by atoms with Gasteiger partial charge in [-0.05, 0) is 19.4 Å². The molecule has 0 spiro atoms. The highest BCUT2D eigenvalue weighted by molar-refractivity contribution is 5.49. The van der Waals surface area contributed by atoms with E-state index >= 15 is 0 Å². The fraction of sp³-hybridized carbons (Fsp3) is 0.273. The number of aliphatic hydroxyl groups is 1. The van der Waals surface area contributed by atoms with E-state index in [0.717, 1.165) is 5.56 Å². The minimum atomic E-state index is -0.726. The Morgan fingerprint density at radius 1 is 1.17 bits per heavy atom. The Hall–Kier alpha value is -1.08. The van der Waals surface area contributed by atoms with Crippen LogP contribution in [0.2, 0.25) is 0 Å². The van der Waals surface area contributed by atoms with Crippen LogP contribution in [0.25, 0.3) is 6.08 Å². The molecular weight excluding hydrogens is 148 g/mol. The first-order valence-corrected chi connectivity index (χ1v) is 4.04. The van der Waals surface area contributed by atoms with Crippen LogP contribution >= 0.6 is 0 Å². The summed E-state index contributed by atoms with van der Waals surface area (Å²) in [5.41, 5.74) is 0.384. The smallest absolute Gasteiger partial charge is 0.0774 e. The van der Waals surface area contributed by atoms with Crippen molar-refractivity contribution >= 4 is 6.08 Å². The molecule has 0 aliphatic carbocycles. The van der Waals surface area contributed by atoms with Gasteiger partial charge in [-0.2, -0.15) is 0 Å². The fourth-order valence-electron chi connectivity index (χ4n) is 0.864. The lowest BCUT2D eigenvalue weighted by molar-refractivity contribution is 0.134. The zero-order valence-electron chi connectivity index (χ0n) is 7.49. The average molecular weight is 162 g/mol. The lowest BCUT2D eigenvalue weighted by Crippen LogP contribution is -2.13. The van der Waals surface area contributed by atoms with Crippen molar-refractivity contribution < 1.29 is 5.11 Å². The maximum atomic E-state index is 9.39. The van der Waals surface area contributed by atoms with Crippen LogP contribution in [0.4, 0.5) is 0 Å². The van der Waals surface area contributed by atoms with Crippen molar-refractivity contribution in [2.75, 3.05) is 0 Å². The molecule has 1 heteroatoms. The Morgan fingerprint density at radius 2 is 1.75 bits per heavy atom. The van der Waals surface area contributed by atoms with Crippen LogP contribution < -0.4 is 0 Å². The number of benzene rings is 1. The summed E-state index contributed by atoms with van der Waals surface area (Å²) in [6, 6.07) is 9.93. The summed E-state index contributed by atoms with van der Waals surface area (Å²) in [6.07, 6.45) is 3.70. The number of hydrogen-bond acceptors (Lipinski definition) is 1. The molecule has 1 nitrogen and oxygen atoms in total. The molecule has 0 unspecified atom stereocenters. The van der Waals surface area contributed by atoms with E-state index in [2.05, 4.69) is 0 Å². The van der Waals surface area contributed by atoms with Crippen molar-refractivity contribution in [2.24, 2.45) is 0 Å². The summed E-state index contributed by atoms with van der Waals surface area (Å²) in [4.78, 5) is 0. The van der Waals surface area contributed by atoms with Gasteiger partial charge in [-0.15, -0.1) is 0 Å². The third-order valence-electron chi connectivity index (χ3n) is 1.48. The lowest BCUT2D eigenvalue weighted by atomic mass is 10.1. The van der Waals surface area contributed by atoms with Crippen molar-refractivity contribution in [1.29, 1.82) is 0 Å². The van der Waals surface area contributed by atoms with Gasteiger partial charge in [0.25, 0.3) is 0 Å². The van der Waals surface area contributed by atoms with Crippen molar-refractivity contribution in [3.8, 4) is 0 Å². The van der Waals surface area contributed by atoms with Gasteiger partial charge in [-0.25, -0.2) is 0 Å². The normalized spacial score (nSPS) is 12.2. The van der Waals surface area contributed by atoms with E-state index in [0.29, 0.717) is 0 Å². The van der Waals surface area contributed by atoms with E-state index < -0.39 is 5.60 Å². The second-order valence-electron chi connectivity index (χ2n) is 3.40. The third kappa shape index (κ3) is 3.35. The van der Waals surface area contributed by atoms with Gasteiger partial charge in [-0.1, -0.05) is 42.5 Å². The average Bonchev–Trinajstić information content (AvgIpc) is 2.02. The Balaban J connectivity index is 2.71. The molecule has 0 aliphatic heterocycles. The van der Waals surface area contributed by atoms with Gasteiger partial charge < -0.3 is 5.11 Å². The summed E-state index contributed by atoms with van der Waals surface area (Å²) in [6.45, 7) is 3.51. The van der Waals surface area contributed by atoms with Crippen LogP contribution in [-0.2, 0) is 0 Å². The first-order chi connectivity index (χ1) is 5.58. The summed E-state index contributed by atoms with van der Waals surface area (Å²) in [7, 11) is 0. The Bertz CT molecular complexity index is 254. The van der Waals surface area contributed by atoms with Crippen LogP contribution in [0, 0.1) is 0 Å². The maximum absolute atomic E-state index is 9.39. The predicted octanol–water partition coefficient (Wildman–Crippen LogP) is 2.47. The highest BCUT2D eigenvalue weighted by Gasteiger charge is 2.04. The monoisotopic (exact) mass is 162 g/mol. The van der Waals surface area contributed by atoms with Gasteiger partial charge in [0.05, 0.1) is 5.60 Å². The van der Waals surface area contributed by atoms with E-state index in [1.165, 1.54) is 0 Å². The van der Waals surface area contributed by atoms with E-state index in [1.807, 2.05) is 36.4 Å².